The molecule has 0 bridgehead atoms. The lowest BCUT2D eigenvalue weighted by Crippen LogP contribution is -2.36. The molecule has 0 radical (unpaired) electrons. The van der Waals surface area contributed by atoms with E-state index in [0.717, 1.165) is 17.7 Å². The van der Waals surface area contributed by atoms with Gasteiger partial charge in [-0.15, -0.1) is 24.0 Å². The molecule has 148 valence electrons. The van der Waals surface area contributed by atoms with Crippen molar-refractivity contribution < 1.29 is 4.39 Å². The molecule has 0 fully saturated rings. The van der Waals surface area contributed by atoms with Crippen molar-refractivity contribution in [1.29, 1.82) is 0 Å². The first-order valence-corrected chi connectivity index (χ1v) is 8.87. The van der Waals surface area contributed by atoms with Crippen molar-refractivity contribution >= 4 is 29.9 Å². The van der Waals surface area contributed by atoms with Gasteiger partial charge in [-0.05, 0) is 35.2 Å². The highest BCUT2D eigenvalue weighted by molar-refractivity contribution is 14.0. The Hall–Kier alpha value is -2.42. The van der Waals surface area contributed by atoms with E-state index >= 15 is 0 Å². The van der Waals surface area contributed by atoms with E-state index in [1.807, 2.05) is 23.2 Å². The standard InChI is InChI=1S/C21H24FN5.HI/c1-16-6-7-18(11-20(16)22)13-26-21(23-2)25-12-17-4-3-5-19(10-17)14-27-9-8-24-15-27;/h3-11,15H,12-14H2,1-2H3,(H2,23,25,26);1H. The molecule has 0 unspecified atom stereocenters. The Morgan fingerprint density at radius 2 is 1.79 bits per heavy atom. The van der Waals surface area contributed by atoms with Gasteiger partial charge in [-0.25, -0.2) is 9.37 Å². The number of guanidine groups is 1. The Kier molecular flexibility index (Phi) is 8.43. The number of aromatic nitrogens is 2. The quantitative estimate of drug-likeness (QED) is 0.312. The van der Waals surface area contributed by atoms with Crippen LogP contribution in [0.15, 0.2) is 66.2 Å². The lowest BCUT2D eigenvalue weighted by molar-refractivity contribution is 0.615. The van der Waals surface area contributed by atoms with E-state index in [2.05, 4.69) is 44.9 Å². The van der Waals surface area contributed by atoms with Gasteiger partial charge in [0.1, 0.15) is 5.82 Å². The highest BCUT2D eigenvalue weighted by Gasteiger charge is 2.03. The average molecular weight is 493 g/mol. The van der Waals surface area contributed by atoms with Crippen LogP contribution in [-0.4, -0.2) is 22.6 Å². The zero-order valence-electron chi connectivity index (χ0n) is 16.0. The van der Waals surface area contributed by atoms with E-state index in [4.69, 9.17) is 0 Å². The summed E-state index contributed by atoms with van der Waals surface area (Å²) in [4.78, 5) is 8.30. The monoisotopic (exact) mass is 493 g/mol. The van der Waals surface area contributed by atoms with Crippen LogP contribution in [0.2, 0.25) is 0 Å². The number of hydrogen-bond donors (Lipinski definition) is 2. The number of imidazole rings is 1. The second-order valence-electron chi connectivity index (χ2n) is 6.42. The number of aliphatic imine (C=N–C) groups is 1. The van der Waals surface area contributed by atoms with Crippen molar-refractivity contribution in [3.8, 4) is 0 Å². The van der Waals surface area contributed by atoms with Crippen LogP contribution in [0.1, 0.15) is 22.3 Å². The molecule has 1 aromatic heterocycles. The molecule has 0 spiro atoms. The predicted octanol–water partition coefficient (Wildman–Crippen LogP) is 3.86. The summed E-state index contributed by atoms with van der Waals surface area (Å²) in [6.07, 6.45) is 5.54. The van der Waals surface area contributed by atoms with Gasteiger partial charge in [-0.2, -0.15) is 0 Å². The normalized spacial score (nSPS) is 11.0. The molecule has 0 saturated heterocycles. The van der Waals surface area contributed by atoms with Crippen molar-refractivity contribution in [2.75, 3.05) is 7.05 Å². The Bertz CT molecular complexity index is 909. The van der Waals surface area contributed by atoms with Gasteiger partial charge in [-0.3, -0.25) is 4.99 Å². The molecule has 7 heteroatoms. The highest BCUT2D eigenvalue weighted by Crippen LogP contribution is 2.09. The molecule has 3 aromatic rings. The van der Waals surface area contributed by atoms with Crippen molar-refractivity contribution in [2.45, 2.75) is 26.6 Å². The van der Waals surface area contributed by atoms with Crippen LogP contribution in [0.3, 0.4) is 0 Å². The molecule has 2 aromatic carbocycles. The number of rotatable bonds is 6. The molecular formula is C21H25FIN5. The number of benzene rings is 2. The minimum Gasteiger partial charge on any atom is -0.352 e. The molecule has 0 aliphatic heterocycles. The van der Waals surface area contributed by atoms with Crippen molar-refractivity contribution in [2.24, 2.45) is 4.99 Å². The topological polar surface area (TPSA) is 54.2 Å². The van der Waals surface area contributed by atoms with Crippen molar-refractivity contribution in [3.63, 3.8) is 0 Å². The molecule has 0 amide bonds. The average Bonchev–Trinajstić information content (AvgIpc) is 3.18. The molecule has 0 saturated carbocycles. The molecule has 1 heterocycles. The van der Waals surface area contributed by atoms with Gasteiger partial charge in [0.05, 0.1) is 6.33 Å². The van der Waals surface area contributed by atoms with E-state index in [-0.39, 0.29) is 29.8 Å². The zero-order valence-corrected chi connectivity index (χ0v) is 18.4. The van der Waals surface area contributed by atoms with Gasteiger partial charge in [0, 0.05) is 39.1 Å². The third kappa shape index (κ3) is 6.33. The molecular weight excluding hydrogens is 468 g/mol. The smallest absolute Gasteiger partial charge is 0.191 e. The molecule has 0 atom stereocenters. The third-order valence-corrected chi connectivity index (χ3v) is 4.30. The number of nitrogens with one attached hydrogen (secondary N) is 2. The van der Waals surface area contributed by atoms with Gasteiger partial charge in [-0.1, -0.05) is 36.4 Å². The SMILES string of the molecule is CN=C(NCc1cccc(Cn2ccnc2)c1)NCc1ccc(C)c(F)c1.I. The first kappa shape index (κ1) is 21.9. The Morgan fingerprint density at radius 1 is 1.07 bits per heavy atom. The van der Waals surface area contributed by atoms with Crippen LogP contribution in [0.25, 0.3) is 0 Å². The van der Waals surface area contributed by atoms with Crippen molar-refractivity contribution in [3.05, 3.63) is 89.3 Å². The van der Waals surface area contributed by atoms with Crippen LogP contribution in [0, 0.1) is 12.7 Å². The third-order valence-electron chi connectivity index (χ3n) is 4.30. The lowest BCUT2D eigenvalue weighted by Gasteiger charge is -2.13. The summed E-state index contributed by atoms with van der Waals surface area (Å²) in [5, 5.41) is 6.51. The Labute approximate surface area is 182 Å². The van der Waals surface area contributed by atoms with Gasteiger partial charge >= 0.3 is 0 Å². The number of nitrogens with zero attached hydrogens (tertiary/aromatic N) is 3. The summed E-state index contributed by atoms with van der Waals surface area (Å²) in [7, 11) is 1.72. The van der Waals surface area contributed by atoms with Crippen molar-refractivity contribution in [1.82, 2.24) is 20.2 Å². The molecule has 28 heavy (non-hydrogen) atoms. The summed E-state index contributed by atoms with van der Waals surface area (Å²) >= 11 is 0. The van der Waals surface area contributed by atoms with Gasteiger partial charge in [0.2, 0.25) is 0 Å². The number of aryl methyl sites for hydroxylation is 1. The molecule has 0 aliphatic carbocycles. The Balaban J connectivity index is 0.00000280. The summed E-state index contributed by atoms with van der Waals surface area (Å²) in [5.41, 5.74) is 3.91. The fraction of sp³-hybridized carbons (Fsp3) is 0.238. The summed E-state index contributed by atoms with van der Waals surface area (Å²) in [6.45, 7) is 3.71. The minimum absolute atomic E-state index is 0. The molecule has 2 N–H and O–H groups in total. The number of hydrogen-bond acceptors (Lipinski definition) is 2. The van der Waals surface area contributed by atoms with Crippen LogP contribution < -0.4 is 10.6 Å². The van der Waals surface area contributed by atoms with Crippen LogP contribution in [-0.2, 0) is 19.6 Å². The van der Waals surface area contributed by atoms with Crippen LogP contribution >= 0.6 is 24.0 Å². The fourth-order valence-electron chi connectivity index (χ4n) is 2.77. The summed E-state index contributed by atoms with van der Waals surface area (Å²) in [6, 6.07) is 13.6. The maximum Gasteiger partial charge on any atom is 0.191 e. The molecule has 5 nitrogen and oxygen atoms in total. The second kappa shape index (κ2) is 10.8. The summed E-state index contributed by atoms with van der Waals surface area (Å²) in [5.74, 6) is 0.489. The van der Waals surface area contributed by atoms with Gasteiger partial charge in [0.15, 0.2) is 5.96 Å². The molecule has 0 aliphatic rings. The van der Waals surface area contributed by atoms with E-state index in [1.54, 1.807) is 32.3 Å². The highest BCUT2D eigenvalue weighted by atomic mass is 127. The fourth-order valence-corrected chi connectivity index (χ4v) is 2.77. The number of halogens is 2. The van der Waals surface area contributed by atoms with Crippen LogP contribution in [0.5, 0.6) is 0 Å². The van der Waals surface area contributed by atoms with Gasteiger partial charge in [0.25, 0.3) is 0 Å². The summed E-state index contributed by atoms with van der Waals surface area (Å²) < 4.78 is 15.7. The predicted molar refractivity (Wildman–Crippen MR) is 121 cm³/mol. The van der Waals surface area contributed by atoms with Gasteiger partial charge < -0.3 is 15.2 Å². The van der Waals surface area contributed by atoms with E-state index in [0.29, 0.717) is 24.6 Å². The second-order valence-corrected chi connectivity index (χ2v) is 6.42. The first-order chi connectivity index (χ1) is 13.1. The zero-order chi connectivity index (χ0) is 19.1. The maximum atomic E-state index is 13.6. The molecule has 3 rings (SSSR count). The van der Waals surface area contributed by atoms with E-state index in [9.17, 15) is 4.39 Å². The first-order valence-electron chi connectivity index (χ1n) is 8.87. The largest absolute Gasteiger partial charge is 0.352 e. The maximum absolute atomic E-state index is 13.6. The van der Waals surface area contributed by atoms with Crippen LogP contribution in [0.4, 0.5) is 4.39 Å². The Morgan fingerprint density at radius 3 is 2.43 bits per heavy atom. The minimum atomic E-state index is -0.188. The van der Waals surface area contributed by atoms with E-state index in [1.165, 1.54) is 5.56 Å². The lowest BCUT2D eigenvalue weighted by atomic mass is 10.1. The van der Waals surface area contributed by atoms with E-state index < -0.39 is 0 Å².